The Balaban J connectivity index is 0. The zero-order chi connectivity index (χ0) is 4.99. The second kappa shape index (κ2) is 6.04. The Kier molecular flexibility index (Phi) is 8.72. The molecule has 0 heterocycles. The van der Waals surface area contributed by atoms with E-state index in [1.807, 2.05) is 0 Å². The van der Waals surface area contributed by atoms with Crippen molar-refractivity contribution in [2.75, 3.05) is 6.61 Å². The van der Waals surface area contributed by atoms with Gasteiger partial charge in [-0.15, -0.1) is 0 Å². The van der Waals surface area contributed by atoms with Crippen LogP contribution >= 0.6 is 0 Å². The van der Waals surface area contributed by atoms with Crippen LogP contribution in [0.5, 0.6) is 0 Å². The number of hydrogen-bond acceptors (Lipinski definition) is 3. The smallest absolute Gasteiger partial charge is 0.550 e. The molecule has 0 aromatic rings. The van der Waals surface area contributed by atoms with Crippen LogP contribution < -0.4 is 5.11 Å². The largest absolute Gasteiger partial charge is 2.00 e. The first-order chi connectivity index (χ1) is 2.77. The van der Waals surface area contributed by atoms with Crippen molar-refractivity contribution in [1.29, 1.82) is 0 Å². The Morgan fingerprint density at radius 2 is 2.29 bits per heavy atom. The van der Waals surface area contributed by atoms with Crippen molar-refractivity contribution >= 4 is 29.2 Å². The van der Waals surface area contributed by atoms with E-state index in [0.717, 1.165) is 0 Å². The van der Waals surface area contributed by atoms with Crippen LogP contribution in [0.4, 0.5) is 4.79 Å². The molecule has 0 unspecified atom stereocenters. The first-order valence-electron chi connectivity index (χ1n) is 1.61. The zero-order valence-corrected chi connectivity index (χ0v) is 5.55. The number of ether oxygens (including phenoxy) is 1. The second-order valence-electron chi connectivity index (χ2n) is 0.683. The summed E-state index contributed by atoms with van der Waals surface area (Å²) in [7, 11) is 0. The predicted octanol–water partition coefficient (Wildman–Crippen LogP) is -1.01. The average Bonchev–Trinajstić information content (AvgIpc) is 1.35. The van der Waals surface area contributed by atoms with Gasteiger partial charge in [-0.05, 0) is 6.92 Å². The minimum atomic E-state index is -1.46. The third kappa shape index (κ3) is 10.7. The van der Waals surface area contributed by atoms with Crippen LogP contribution in [0.2, 0.25) is 0 Å². The summed E-state index contributed by atoms with van der Waals surface area (Å²) in [5.41, 5.74) is 0. The third-order valence-corrected chi connectivity index (χ3v) is 0.262. The van der Waals surface area contributed by atoms with Gasteiger partial charge in [-0.25, -0.2) is 0 Å². The van der Waals surface area contributed by atoms with Gasteiger partial charge in [0.15, 0.2) is 0 Å². The van der Waals surface area contributed by atoms with E-state index in [4.69, 9.17) is 0 Å². The van der Waals surface area contributed by atoms with Gasteiger partial charge in [-0.2, -0.15) is 0 Å². The molecule has 3 nitrogen and oxygen atoms in total. The van der Waals surface area contributed by atoms with Crippen molar-refractivity contribution in [3.05, 3.63) is 0 Å². The van der Waals surface area contributed by atoms with Gasteiger partial charge < -0.3 is 14.6 Å². The Morgan fingerprint density at radius 1 is 1.86 bits per heavy atom. The molecule has 7 heavy (non-hydrogen) atoms. The maximum absolute atomic E-state index is 9.27. The van der Waals surface area contributed by atoms with E-state index >= 15 is 0 Å². The molecule has 0 aromatic carbocycles. The summed E-state index contributed by atoms with van der Waals surface area (Å²) in [5.74, 6) is 0. The van der Waals surface area contributed by atoms with Crippen LogP contribution in [0.15, 0.2) is 0 Å². The summed E-state index contributed by atoms with van der Waals surface area (Å²) < 4.78 is 3.85. The van der Waals surface area contributed by atoms with Crippen LogP contribution in [0.1, 0.15) is 6.92 Å². The first kappa shape index (κ1) is 10.1. The van der Waals surface area contributed by atoms with Gasteiger partial charge in [0.2, 0.25) is 0 Å². The van der Waals surface area contributed by atoms with E-state index in [1.54, 1.807) is 6.92 Å². The minimum Gasteiger partial charge on any atom is -0.550 e. The van der Waals surface area contributed by atoms with Crippen LogP contribution in [0.25, 0.3) is 0 Å². The Hall–Kier alpha value is 0.0362. The molecule has 0 saturated heterocycles. The molecule has 4 heteroatoms. The molecular formula is C3H5MgO3+. The standard InChI is InChI=1S/C3H6O3.Mg/c1-2-6-3(4)5;/h2H2,1H3,(H,4,5);/q;+2/p-1. The molecule has 0 spiro atoms. The summed E-state index contributed by atoms with van der Waals surface area (Å²) in [6.45, 7) is 1.75. The monoisotopic (exact) mass is 113 g/mol. The van der Waals surface area contributed by atoms with E-state index < -0.39 is 6.16 Å². The Bertz CT molecular complexity index is 54.1. The molecule has 0 atom stereocenters. The quantitative estimate of drug-likeness (QED) is 0.323. The fourth-order valence-corrected chi connectivity index (χ4v) is 0.118. The molecule has 0 N–H and O–H groups in total. The summed E-state index contributed by atoms with van der Waals surface area (Å²) in [6.07, 6.45) is -1.46. The van der Waals surface area contributed by atoms with Gasteiger partial charge in [-0.1, -0.05) is 0 Å². The van der Waals surface area contributed by atoms with Crippen LogP contribution in [-0.4, -0.2) is 35.8 Å². The summed E-state index contributed by atoms with van der Waals surface area (Å²) in [6, 6.07) is 0. The van der Waals surface area contributed by atoms with Crippen molar-refractivity contribution in [2.45, 2.75) is 6.92 Å². The molecule has 0 aromatic heterocycles. The molecule has 0 bridgehead atoms. The summed E-state index contributed by atoms with van der Waals surface area (Å²) in [5, 5.41) is 9.27. The number of rotatable bonds is 1. The maximum Gasteiger partial charge on any atom is 2.00 e. The van der Waals surface area contributed by atoms with Crippen molar-refractivity contribution < 1.29 is 14.6 Å². The molecule has 0 fully saturated rings. The fourth-order valence-electron chi connectivity index (χ4n) is 0.118. The summed E-state index contributed by atoms with van der Waals surface area (Å²) >= 11 is 0. The molecule has 0 rings (SSSR count). The molecule has 0 saturated carbocycles. The van der Waals surface area contributed by atoms with E-state index in [0.29, 0.717) is 0 Å². The molecular weight excluding hydrogens is 108 g/mol. The van der Waals surface area contributed by atoms with E-state index in [-0.39, 0.29) is 29.7 Å². The van der Waals surface area contributed by atoms with Crippen LogP contribution in [-0.2, 0) is 4.74 Å². The Labute approximate surface area is 57.8 Å². The summed E-state index contributed by atoms with van der Waals surface area (Å²) in [4.78, 5) is 9.27. The normalized spacial score (nSPS) is 6.43. The molecule has 0 aliphatic carbocycles. The van der Waals surface area contributed by atoms with Crippen molar-refractivity contribution in [1.82, 2.24) is 0 Å². The molecule has 0 amide bonds. The molecule has 0 aliphatic rings. The Morgan fingerprint density at radius 3 is 2.29 bits per heavy atom. The van der Waals surface area contributed by atoms with Gasteiger partial charge in [-0.3, -0.25) is 0 Å². The number of carbonyl (C=O) groups excluding carboxylic acids is 1. The number of carbonyl (C=O) groups is 1. The van der Waals surface area contributed by atoms with E-state index in [2.05, 4.69) is 4.74 Å². The van der Waals surface area contributed by atoms with Gasteiger partial charge >= 0.3 is 23.1 Å². The topological polar surface area (TPSA) is 49.4 Å². The zero-order valence-electron chi connectivity index (χ0n) is 4.14. The fraction of sp³-hybridized carbons (Fsp3) is 0.667. The van der Waals surface area contributed by atoms with Gasteiger partial charge in [0.25, 0.3) is 6.16 Å². The second-order valence-corrected chi connectivity index (χ2v) is 0.683. The maximum atomic E-state index is 9.27. The minimum absolute atomic E-state index is 0. The third-order valence-electron chi connectivity index (χ3n) is 0.262. The van der Waals surface area contributed by atoms with E-state index in [1.165, 1.54) is 0 Å². The van der Waals surface area contributed by atoms with Gasteiger partial charge in [0.05, 0.1) is 0 Å². The van der Waals surface area contributed by atoms with Gasteiger partial charge in [0, 0.05) is 6.61 Å². The van der Waals surface area contributed by atoms with Crippen LogP contribution in [0.3, 0.4) is 0 Å². The predicted molar refractivity (Wildman–Crippen MR) is 22.8 cm³/mol. The van der Waals surface area contributed by atoms with E-state index in [9.17, 15) is 9.90 Å². The average molecular weight is 113 g/mol. The molecule has 0 radical (unpaired) electrons. The van der Waals surface area contributed by atoms with Gasteiger partial charge in [0.1, 0.15) is 0 Å². The number of hydrogen-bond donors (Lipinski definition) is 0. The van der Waals surface area contributed by atoms with Crippen LogP contribution in [0, 0.1) is 0 Å². The number of carboxylic acid groups (broad SMARTS) is 1. The van der Waals surface area contributed by atoms with Crippen molar-refractivity contribution in [3.8, 4) is 0 Å². The molecule has 36 valence electrons. The van der Waals surface area contributed by atoms with Crippen molar-refractivity contribution in [2.24, 2.45) is 0 Å². The first-order valence-corrected chi connectivity index (χ1v) is 1.61. The van der Waals surface area contributed by atoms with Crippen molar-refractivity contribution in [3.63, 3.8) is 0 Å². The molecule has 0 aliphatic heterocycles. The SMILES string of the molecule is CCOC(=O)[O-].[Mg+2].